The van der Waals surface area contributed by atoms with Crippen LogP contribution in [0.15, 0.2) is 47.4 Å². The normalized spacial score (nSPS) is 12.9. The van der Waals surface area contributed by atoms with Gasteiger partial charge in [0.1, 0.15) is 0 Å². The van der Waals surface area contributed by atoms with Crippen molar-refractivity contribution in [3.63, 3.8) is 0 Å². The van der Waals surface area contributed by atoms with E-state index < -0.39 is 21.9 Å². The summed E-state index contributed by atoms with van der Waals surface area (Å²) in [5, 5.41) is 0. The molecule has 7 heteroatoms. The van der Waals surface area contributed by atoms with E-state index in [9.17, 15) is 12.8 Å². The highest BCUT2D eigenvalue weighted by Crippen LogP contribution is 2.24. The zero-order valence-electron chi connectivity index (χ0n) is 12.2. The minimum Gasteiger partial charge on any atom is -0.494 e. The molecule has 0 aliphatic rings. The summed E-state index contributed by atoms with van der Waals surface area (Å²) in [4.78, 5) is 0.114. The average molecular weight is 324 g/mol. The minimum atomic E-state index is -3.69. The van der Waals surface area contributed by atoms with Crippen LogP contribution in [0.2, 0.25) is 0 Å². The summed E-state index contributed by atoms with van der Waals surface area (Å²) in [5.74, 6) is -0.434. The van der Waals surface area contributed by atoms with Gasteiger partial charge in [-0.15, -0.1) is 0 Å². The van der Waals surface area contributed by atoms with E-state index >= 15 is 0 Å². The van der Waals surface area contributed by atoms with E-state index in [1.807, 2.05) is 0 Å². The van der Waals surface area contributed by atoms with Gasteiger partial charge in [-0.05, 0) is 48.9 Å². The summed E-state index contributed by atoms with van der Waals surface area (Å²) >= 11 is 0. The summed E-state index contributed by atoms with van der Waals surface area (Å²) in [5.41, 5.74) is 6.62. The number of sulfonamides is 1. The Bertz CT molecular complexity index is 761. The van der Waals surface area contributed by atoms with Crippen molar-refractivity contribution in [2.24, 2.45) is 0 Å². The maximum Gasteiger partial charge on any atom is 0.241 e. The van der Waals surface area contributed by atoms with Crippen molar-refractivity contribution >= 4 is 15.7 Å². The molecule has 0 radical (unpaired) electrons. The lowest BCUT2D eigenvalue weighted by Crippen LogP contribution is -2.27. The number of benzene rings is 2. The van der Waals surface area contributed by atoms with E-state index in [2.05, 4.69) is 4.72 Å². The third-order valence-corrected chi connectivity index (χ3v) is 4.75. The highest BCUT2D eigenvalue weighted by atomic mass is 32.2. The fourth-order valence-electron chi connectivity index (χ4n) is 1.96. The predicted molar refractivity (Wildman–Crippen MR) is 82.5 cm³/mol. The van der Waals surface area contributed by atoms with Crippen molar-refractivity contribution in [1.82, 2.24) is 4.72 Å². The van der Waals surface area contributed by atoms with Gasteiger partial charge in [0.25, 0.3) is 0 Å². The summed E-state index contributed by atoms with van der Waals surface area (Å²) in [6.45, 7) is 1.67. The molecule has 0 spiro atoms. The second kappa shape index (κ2) is 6.33. The Kier molecular flexibility index (Phi) is 4.68. The number of anilines is 1. The van der Waals surface area contributed by atoms with Crippen LogP contribution in [0.25, 0.3) is 0 Å². The number of rotatable bonds is 5. The highest BCUT2D eigenvalue weighted by Gasteiger charge is 2.19. The van der Waals surface area contributed by atoms with Crippen molar-refractivity contribution in [2.75, 3.05) is 12.8 Å². The summed E-state index contributed by atoms with van der Waals surface area (Å²) in [7, 11) is -2.34. The molecule has 2 aromatic rings. The van der Waals surface area contributed by atoms with E-state index in [4.69, 9.17) is 10.5 Å². The molecule has 2 rings (SSSR count). The fraction of sp³-hybridized carbons (Fsp3) is 0.200. The molecular formula is C15H17FN2O3S. The molecule has 0 fully saturated rings. The molecule has 1 atom stereocenters. The SMILES string of the molecule is COc1cc([C@@H](C)NS(=O)(=O)c2ccc(N)cc2)ccc1F. The number of ether oxygens (including phenoxy) is 1. The quantitative estimate of drug-likeness (QED) is 0.828. The number of nitrogens with two attached hydrogens (primary N) is 1. The van der Waals surface area contributed by atoms with Crippen molar-refractivity contribution in [3.05, 3.63) is 53.8 Å². The van der Waals surface area contributed by atoms with E-state index in [1.54, 1.807) is 6.92 Å². The molecule has 118 valence electrons. The Labute approximate surface area is 129 Å². The summed E-state index contributed by atoms with van der Waals surface area (Å²) < 4.78 is 45.4. The molecule has 0 unspecified atom stereocenters. The highest BCUT2D eigenvalue weighted by molar-refractivity contribution is 7.89. The maximum absolute atomic E-state index is 13.4. The van der Waals surface area contributed by atoms with Gasteiger partial charge < -0.3 is 10.5 Å². The van der Waals surface area contributed by atoms with E-state index in [0.29, 0.717) is 11.3 Å². The van der Waals surface area contributed by atoms with Crippen molar-refractivity contribution in [3.8, 4) is 5.75 Å². The number of methoxy groups -OCH3 is 1. The zero-order chi connectivity index (χ0) is 16.3. The molecule has 3 N–H and O–H groups in total. The number of nitrogens with one attached hydrogen (secondary N) is 1. The molecule has 0 amide bonds. The largest absolute Gasteiger partial charge is 0.494 e. The Morgan fingerprint density at radius 1 is 1.18 bits per heavy atom. The lowest BCUT2D eigenvalue weighted by molar-refractivity contribution is 0.385. The van der Waals surface area contributed by atoms with Crippen LogP contribution in [0, 0.1) is 5.82 Å². The van der Waals surface area contributed by atoms with Gasteiger partial charge in [-0.25, -0.2) is 17.5 Å². The molecule has 0 bridgehead atoms. The van der Waals surface area contributed by atoms with Gasteiger partial charge in [-0.2, -0.15) is 0 Å². The van der Waals surface area contributed by atoms with Crippen LogP contribution in [0.3, 0.4) is 0 Å². The lowest BCUT2D eigenvalue weighted by Gasteiger charge is -2.16. The fourth-order valence-corrected chi connectivity index (χ4v) is 3.19. The number of hydrogen-bond donors (Lipinski definition) is 2. The first-order valence-corrected chi connectivity index (χ1v) is 8.03. The number of nitrogen functional groups attached to an aromatic ring is 1. The van der Waals surface area contributed by atoms with Gasteiger partial charge >= 0.3 is 0 Å². The minimum absolute atomic E-state index is 0.0658. The summed E-state index contributed by atoms with van der Waals surface area (Å²) in [6, 6.07) is 9.55. The Morgan fingerprint density at radius 2 is 1.82 bits per heavy atom. The monoisotopic (exact) mass is 324 g/mol. The molecule has 0 aromatic heterocycles. The van der Waals surface area contributed by atoms with Gasteiger partial charge in [0.15, 0.2) is 11.6 Å². The van der Waals surface area contributed by atoms with E-state index in [-0.39, 0.29) is 10.6 Å². The molecule has 0 aliphatic heterocycles. The zero-order valence-corrected chi connectivity index (χ0v) is 13.0. The molecule has 0 saturated carbocycles. The van der Waals surface area contributed by atoms with Crippen LogP contribution < -0.4 is 15.2 Å². The second-order valence-electron chi connectivity index (χ2n) is 4.81. The average Bonchev–Trinajstić information content (AvgIpc) is 2.47. The predicted octanol–water partition coefficient (Wildman–Crippen LogP) is 2.46. The van der Waals surface area contributed by atoms with Gasteiger partial charge in [-0.1, -0.05) is 6.07 Å². The Hall–Kier alpha value is -2.12. The molecule has 0 saturated heterocycles. The molecule has 0 heterocycles. The first-order valence-electron chi connectivity index (χ1n) is 6.55. The lowest BCUT2D eigenvalue weighted by atomic mass is 10.1. The molecule has 2 aromatic carbocycles. The second-order valence-corrected chi connectivity index (χ2v) is 6.52. The van der Waals surface area contributed by atoms with Gasteiger partial charge in [0.2, 0.25) is 10.0 Å². The van der Waals surface area contributed by atoms with Crippen molar-refractivity contribution in [1.29, 1.82) is 0 Å². The third-order valence-electron chi connectivity index (χ3n) is 3.20. The van der Waals surface area contributed by atoms with Crippen LogP contribution in [0.1, 0.15) is 18.5 Å². The van der Waals surface area contributed by atoms with Crippen LogP contribution in [-0.4, -0.2) is 15.5 Å². The first kappa shape index (κ1) is 16.3. The topological polar surface area (TPSA) is 81.4 Å². The van der Waals surface area contributed by atoms with Crippen LogP contribution in [0.5, 0.6) is 5.75 Å². The summed E-state index contributed by atoms with van der Waals surface area (Å²) in [6.07, 6.45) is 0. The Balaban J connectivity index is 2.24. The van der Waals surface area contributed by atoms with Gasteiger partial charge in [0.05, 0.1) is 12.0 Å². The van der Waals surface area contributed by atoms with E-state index in [1.165, 1.54) is 49.6 Å². The Morgan fingerprint density at radius 3 is 2.41 bits per heavy atom. The van der Waals surface area contributed by atoms with Crippen LogP contribution in [0.4, 0.5) is 10.1 Å². The van der Waals surface area contributed by atoms with E-state index in [0.717, 1.165) is 0 Å². The molecular weight excluding hydrogens is 307 g/mol. The van der Waals surface area contributed by atoms with Gasteiger partial charge in [-0.3, -0.25) is 0 Å². The smallest absolute Gasteiger partial charge is 0.241 e. The van der Waals surface area contributed by atoms with Crippen molar-refractivity contribution in [2.45, 2.75) is 17.9 Å². The van der Waals surface area contributed by atoms with Crippen LogP contribution >= 0.6 is 0 Å². The molecule has 5 nitrogen and oxygen atoms in total. The van der Waals surface area contributed by atoms with Crippen molar-refractivity contribution < 1.29 is 17.5 Å². The molecule has 0 aliphatic carbocycles. The van der Waals surface area contributed by atoms with Gasteiger partial charge in [0, 0.05) is 11.7 Å². The standard InChI is InChI=1S/C15H17FN2O3S/c1-10(11-3-8-14(16)15(9-11)21-2)18-22(19,20)13-6-4-12(17)5-7-13/h3-10,18H,17H2,1-2H3/t10-/m1/s1. The number of halogens is 1. The molecule has 22 heavy (non-hydrogen) atoms. The third kappa shape index (κ3) is 3.55. The van der Waals surface area contributed by atoms with Crippen LogP contribution in [-0.2, 0) is 10.0 Å². The first-order chi connectivity index (χ1) is 10.3. The maximum atomic E-state index is 13.4. The number of hydrogen-bond acceptors (Lipinski definition) is 4.